The van der Waals surface area contributed by atoms with Crippen molar-refractivity contribution in [2.45, 2.75) is 13.1 Å². The second-order valence-electron chi connectivity index (χ2n) is 7.51. The maximum absolute atomic E-state index is 13.8. The lowest BCUT2D eigenvalue weighted by atomic mass is 9.96. The molecule has 0 aliphatic carbocycles. The minimum atomic E-state index is -4.64. The standard InChI is InChI=1S/C28H21F3O5/c1-4-26(32)35-16-15-34-23-13-14-24(25(17-23)28(29,30)31)21-7-5-19(6-8-21)20-9-11-22(12-10-20)36-27(33)18(2)3/h4-17H,1-2H2,3H3. The molecule has 0 heterocycles. The van der Waals surface area contributed by atoms with Crippen molar-refractivity contribution < 1.29 is 37.0 Å². The van der Waals surface area contributed by atoms with Crippen LogP contribution in [0.25, 0.3) is 22.3 Å². The lowest BCUT2D eigenvalue weighted by molar-refractivity contribution is -0.137. The molecule has 0 saturated carbocycles. The van der Waals surface area contributed by atoms with E-state index in [1.54, 1.807) is 55.5 Å². The summed E-state index contributed by atoms with van der Waals surface area (Å²) in [6.45, 7) is 8.29. The van der Waals surface area contributed by atoms with E-state index >= 15 is 0 Å². The summed E-state index contributed by atoms with van der Waals surface area (Å²) in [7, 11) is 0. The summed E-state index contributed by atoms with van der Waals surface area (Å²) in [4.78, 5) is 22.6. The summed E-state index contributed by atoms with van der Waals surface area (Å²) < 4.78 is 56.2. The number of carbonyl (C=O) groups is 2. The van der Waals surface area contributed by atoms with Gasteiger partial charge in [0.05, 0.1) is 5.56 Å². The number of hydrogen-bond acceptors (Lipinski definition) is 5. The summed E-state index contributed by atoms with van der Waals surface area (Å²) in [5.74, 6) is -0.988. The fourth-order valence-corrected chi connectivity index (χ4v) is 3.08. The Kier molecular flexibility index (Phi) is 8.11. The molecule has 0 aromatic heterocycles. The first-order valence-corrected chi connectivity index (χ1v) is 10.5. The van der Waals surface area contributed by atoms with E-state index in [1.165, 1.54) is 12.1 Å². The molecule has 0 spiro atoms. The maximum atomic E-state index is 13.8. The third-order valence-corrected chi connectivity index (χ3v) is 4.85. The van der Waals surface area contributed by atoms with E-state index in [-0.39, 0.29) is 16.9 Å². The van der Waals surface area contributed by atoms with E-state index in [4.69, 9.17) is 9.47 Å². The van der Waals surface area contributed by atoms with Crippen molar-refractivity contribution in [1.29, 1.82) is 0 Å². The van der Waals surface area contributed by atoms with Crippen molar-refractivity contribution in [1.82, 2.24) is 0 Å². The number of halogens is 3. The molecule has 0 radical (unpaired) electrons. The van der Waals surface area contributed by atoms with Crippen LogP contribution in [-0.2, 0) is 20.5 Å². The van der Waals surface area contributed by atoms with Crippen molar-refractivity contribution in [3.05, 3.63) is 110 Å². The van der Waals surface area contributed by atoms with Crippen LogP contribution in [0.2, 0.25) is 0 Å². The van der Waals surface area contributed by atoms with Gasteiger partial charge in [0.2, 0.25) is 0 Å². The fourth-order valence-electron chi connectivity index (χ4n) is 3.08. The second kappa shape index (κ2) is 11.2. The smallest absolute Gasteiger partial charge is 0.417 e. The summed E-state index contributed by atoms with van der Waals surface area (Å²) in [6, 6.07) is 16.9. The molecule has 0 fully saturated rings. The molecule has 0 atom stereocenters. The molecule has 3 rings (SSSR count). The van der Waals surface area contributed by atoms with Gasteiger partial charge >= 0.3 is 18.1 Å². The molecule has 0 N–H and O–H groups in total. The molecular weight excluding hydrogens is 473 g/mol. The van der Waals surface area contributed by atoms with Gasteiger partial charge < -0.3 is 14.2 Å². The third-order valence-electron chi connectivity index (χ3n) is 4.85. The Labute approximate surface area is 205 Å². The van der Waals surface area contributed by atoms with Crippen molar-refractivity contribution in [3.63, 3.8) is 0 Å². The molecule has 0 amide bonds. The average Bonchev–Trinajstić information content (AvgIpc) is 2.86. The van der Waals surface area contributed by atoms with Crippen LogP contribution in [0, 0.1) is 0 Å². The van der Waals surface area contributed by atoms with Gasteiger partial charge in [-0.2, -0.15) is 13.2 Å². The molecule has 0 unspecified atom stereocenters. The van der Waals surface area contributed by atoms with Crippen molar-refractivity contribution >= 4 is 11.9 Å². The van der Waals surface area contributed by atoms with Crippen LogP contribution in [0.3, 0.4) is 0 Å². The van der Waals surface area contributed by atoms with Gasteiger partial charge in [0.15, 0.2) is 0 Å². The highest BCUT2D eigenvalue weighted by atomic mass is 19.4. The Hall–Kier alpha value is -4.59. The second-order valence-corrected chi connectivity index (χ2v) is 7.51. The van der Waals surface area contributed by atoms with Gasteiger partial charge in [0, 0.05) is 11.6 Å². The molecule has 184 valence electrons. The SMILES string of the molecule is C=CC(=O)OC=COc1ccc(-c2ccc(-c3ccc(OC(=O)C(=C)C)cc3)cc2)c(C(F)(F)F)c1. The first-order chi connectivity index (χ1) is 17.1. The molecule has 0 bridgehead atoms. The van der Waals surface area contributed by atoms with Gasteiger partial charge in [-0.15, -0.1) is 0 Å². The molecule has 3 aromatic rings. The van der Waals surface area contributed by atoms with Crippen LogP contribution in [0.4, 0.5) is 13.2 Å². The molecular formula is C28H21F3O5. The van der Waals surface area contributed by atoms with E-state index in [0.29, 0.717) is 11.3 Å². The maximum Gasteiger partial charge on any atom is 0.417 e. The monoisotopic (exact) mass is 494 g/mol. The zero-order valence-corrected chi connectivity index (χ0v) is 19.2. The first-order valence-electron chi connectivity index (χ1n) is 10.5. The normalized spacial score (nSPS) is 11.1. The minimum Gasteiger partial charge on any atom is -0.462 e. The van der Waals surface area contributed by atoms with Crippen LogP contribution < -0.4 is 9.47 Å². The highest BCUT2D eigenvalue weighted by Crippen LogP contribution is 2.39. The van der Waals surface area contributed by atoms with Gasteiger partial charge in [-0.1, -0.05) is 55.6 Å². The van der Waals surface area contributed by atoms with Gasteiger partial charge in [-0.25, -0.2) is 9.59 Å². The fraction of sp³-hybridized carbons (Fsp3) is 0.0714. The number of hydrogen-bond donors (Lipinski definition) is 0. The topological polar surface area (TPSA) is 61.8 Å². The van der Waals surface area contributed by atoms with Gasteiger partial charge in [0.25, 0.3) is 0 Å². The van der Waals surface area contributed by atoms with E-state index in [2.05, 4.69) is 17.9 Å². The highest BCUT2D eigenvalue weighted by molar-refractivity contribution is 5.88. The van der Waals surface area contributed by atoms with Crippen LogP contribution in [0.1, 0.15) is 12.5 Å². The molecule has 5 nitrogen and oxygen atoms in total. The van der Waals surface area contributed by atoms with Crippen molar-refractivity contribution in [3.8, 4) is 33.8 Å². The zero-order valence-electron chi connectivity index (χ0n) is 19.2. The minimum absolute atomic E-state index is 0.0227. The number of benzene rings is 3. The lowest BCUT2D eigenvalue weighted by Gasteiger charge is -2.15. The first kappa shape index (κ1) is 26.0. The number of esters is 2. The molecule has 36 heavy (non-hydrogen) atoms. The van der Waals surface area contributed by atoms with Crippen molar-refractivity contribution in [2.24, 2.45) is 0 Å². The van der Waals surface area contributed by atoms with Gasteiger partial charge in [0.1, 0.15) is 24.0 Å². The van der Waals surface area contributed by atoms with Crippen LogP contribution in [0.5, 0.6) is 11.5 Å². The lowest BCUT2D eigenvalue weighted by Crippen LogP contribution is -2.07. The summed E-state index contributed by atoms with van der Waals surface area (Å²) in [5.41, 5.74) is 1.29. The van der Waals surface area contributed by atoms with Gasteiger partial charge in [-0.3, -0.25) is 0 Å². The van der Waals surface area contributed by atoms with Crippen LogP contribution in [0.15, 0.2) is 104 Å². The summed E-state index contributed by atoms with van der Waals surface area (Å²) in [5, 5.41) is 0. The van der Waals surface area contributed by atoms with E-state index in [1.807, 2.05) is 0 Å². The third kappa shape index (κ3) is 6.73. The molecule has 0 saturated heterocycles. The van der Waals surface area contributed by atoms with E-state index in [0.717, 1.165) is 35.8 Å². The Balaban J connectivity index is 1.81. The summed E-state index contributed by atoms with van der Waals surface area (Å²) >= 11 is 0. The predicted molar refractivity (Wildman–Crippen MR) is 129 cm³/mol. The Morgan fingerprint density at radius 2 is 1.39 bits per heavy atom. The summed E-state index contributed by atoms with van der Waals surface area (Å²) in [6.07, 6.45) is -1.84. The Bertz CT molecular complexity index is 1300. The Morgan fingerprint density at radius 1 is 0.833 bits per heavy atom. The number of ether oxygens (including phenoxy) is 3. The van der Waals surface area contributed by atoms with E-state index in [9.17, 15) is 22.8 Å². The molecule has 3 aromatic carbocycles. The zero-order chi connectivity index (χ0) is 26.3. The average molecular weight is 494 g/mol. The molecule has 8 heteroatoms. The number of alkyl halides is 3. The molecule has 0 aliphatic heterocycles. The predicted octanol–water partition coefficient (Wildman–Crippen LogP) is 7.10. The van der Waals surface area contributed by atoms with Crippen LogP contribution in [-0.4, -0.2) is 11.9 Å². The van der Waals surface area contributed by atoms with Gasteiger partial charge in [-0.05, 0) is 53.4 Å². The quantitative estimate of drug-likeness (QED) is 0.145. The van der Waals surface area contributed by atoms with E-state index < -0.39 is 23.7 Å². The molecule has 0 aliphatic rings. The van der Waals surface area contributed by atoms with Crippen LogP contribution >= 0.6 is 0 Å². The van der Waals surface area contributed by atoms with Crippen molar-refractivity contribution in [2.75, 3.05) is 0 Å². The highest BCUT2D eigenvalue weighted by Gasteiger charge is 2.34. The largest absolute Gasteiger partial charge is 0.462 e. The Morgan fingerprint density at radius 3 is 1.94 bits per heavy atom. The number of rotatable bonds is 8. The number of carbonyl (C=O) groups excluding carboxylic acids is 2.